The van der Waals surface area contributed by atoms with Crippen molar-refractivity contribution in [2.75, 3.05) is 6.54 Å². The Morgan fingerprint density at radius 2 is 1.91 bits per heavy atom. The highest BCUT2D eigenvalue weighted by atomic mass is 35.5. The lowest BCUT2D eigenvalue weighted by Gasteiger charge is -2.29. The Morgan fingerprint density at radius 1 is 1.23 bits per heavy atom. The number of carbonyl (C=O) groups is 2. The van der Waals surface area contributed by atoms with Gasteiger partial charge >= 0.3 is 6.18 Å². The van der Waals surface area contributed by atoms with E-state index in [4.69, 9.17) is 28.0 Å². The van der Waals surface area contributed by atoms with Crippen LogP contribution in [0.3, 0.4) is 0 Å². The number of halogens is 6. The first-order valence-corrected chi connectivity index (χ1v) is 12.3. The third kappa shape index (κ3) is 3.97. The van der Waals surface area contributed by atoms with Gasteiger partial charge < -0.3 is 15.5 Å². The quantitative estimate of drug-likeness (QED) is 0.421. The van der Waals surface area contributed by atoms with E-state index in [1.165, 1.54) is 0 Å². The van der Waals surface area contributed by atoms with Gasteiger partial charge in [-0.25, -0.2) is 4.39 Å². The number of benzene rings is 1. The number of amides is 2. The van der Waals surface area contributed by atoms with E-state index < -0.39 is 51.6 Å². The van der Waals surface area contributed by atoms with Gasteiger partial charge in [0, 0.05) is 12.1 Å². The van der Waals surface area contributed by atoms with Crippen molar-refractivity contribution in [1.82, 2.24) is 10.6 Å². The zero-order valence-corrected chi connectivity index (χ0v) is 20.2. The molecular formula is C22H17Cl2F4N3O3S. The lowest BCUT2D eigenvalue weighted by molar-refractivity contribution is -0.275. The lowest BCUT2D eigenvalue weighted by Crippen LogP contribution is -2.42. The molecule has 2 N–H and O–H groups in total. The summed E-state index contributed by atoms with van der Waals surface area (Å²) in [6, 6.07) is 1.01. The Balaban J connectivity index is 1.49. The molecule has 186 valence electrons. The molecule has 6 nitrogen and oxygen atoms in total. The van der Waals surface area contributed by atoms with E-state index in [1.54, 1.807) is 0 Å². The third-order valence-electron chi connectivity index (χ3n) is 6.43. The summed E-state index contributed by atoms with van der Waals surface area (Å²) in [4.78, 5) is 30.6. The van der Waals surface area contributed by atoms with Crippen molar-refractivity contribution in [3.63, 3.8) is 0 Å². The van der Waals surface area contributed by atoms with Crippen molar-refractivity contribution in [3.8, 4) is 0 Å². The molecule has 0 spiro atoms. The number of oxime groups is 1. The van der Waals surface area contributed by atoms with Crippen LogP contribution in [0.15, 0.2) is 17.3 Å². The van der Waals surface area contributed by atoms with Gasteiger partial charge in [-0.1, -0.05) is 28.4 Å². The Morgan fingerprint density at radius 3 is 2.54 bits per heavy atom. The van der Waals surface area contributed by atoms with Gasteiger partial charge in [0.2, 0.25) is 5.91 Å². The molecule has 5 rings (SSSR count). The molecule has 35 heavy (non-hydrogen) atoms. The molecule has 3 aliphatic rings. The summed E-state index contributed by atoms with van der Waals surface area (Å²) < 4.78 is 56.9. The molecule has 3 heterocycles. The first-order chi connectivity index (χ1) is 16.5. The average Bonchev–Trinajstić information content (AvgIpc) is 3.55. The number of fused-ring (bicyclic) bond motifs is 1. The molecule has 1 aromatic heterocycles. The molecule has 2 unspecified atom stereocenters. The standard InChI is InChI=1S/C22H17Cl2F4N3O3S/c23-12-6-9(7-13(24)16(12)25)21(22(26,27)28)8-15(31-34-21)17-10-2-1-3-11(10)18(35-17)20(33)30-14-4-5-29-19(14)32/h6-7,14H,1-5,8H2,(H,29,32)(H,30,33). The van der Waals surface area contributed by atoms with Gasteiger partial charge in [0.15, 0.2) is 5.82 Å². The maximum atomic E-state index is 14.3. The van der Waals surface area contributed by atoms with E-state index in [2.05, 4.69) is 15.8 Å². The first-order valence-electron chi connectivity index (χ1n) is 10.7. The Kier molecular flexibility index (Phi) is 6.00. The summed E-state index contributed by atoms with van der Waals surface area (Å²) in [5, 5.41) is 7.99. The van der Waals surface area contributed by atoms with Crippen LogP contribution in [-0.2, 0) is 28.1 Å². The van der Waals surface area contributed by atoms with E-state index >= 15 is 0 Å². The van der Waals surface area contributed by atoms with Crippen molar-refractivity contribution in [1.29, 1.82) is 0 Å². The Labute approximate surface area is 210 Å². The van der Waals surface area contributed by atoms with Gasteiger partial charge in [0.25, 0.3) is 11.5 Å². The van der Waals surface area contributed by atoms with Crippen molar-refractivity contribution >= 4 is 52.1 Å². The number of hydrogen-bond donors (Lipinski definition) is 2. The number of alkyl halides is 3. The number of nitrogens with one attached hydrogen (secondary N) is 2. The molecule has 2 atom stereocenters. The summed E-state index contributed by atoms with van der Waals surface area (Å²) in [5.41, 5.74) is -1.85. The summed E-state index contributed by atoms with van der Waals surface area (Å²) in [6.07, 6.45) is -3.27. The van der Waals surface area contributed by atoms with Crippen LogP contribution in [0.1, 0.15) is 50.5 Å². The predicted octanol–water partition coefficient (Wildman–Crippen LogP) is 4.88. The summed E-state index contributed by atoms with van der Waals surface area (Å²) >= 11 is 12.6. The molecule has 2 amide bonds. The number of rotatable bonds is 4. The molecule has 1 aliphatic carbocycles. The van der Waals surface area contributed by atoms with E-state index in [-0.39, 0.29) is 11.6 Å². The van der Waals surface area contributed by atoms with Crippen LogP contribution in [0.2, 0.25) is 10.0 Å². The van der Waals surface area contributed by atoms with E-state index in [0.29, 0.717) is 35.6 Å². The largest absolute Gasteiger partial charge is 0.435 e. The topological polar surface area (TPSA) is 79.8 Å². The van der Waals surface area contributed by atoms with Crippen LogP contribution in [0, 0.1) is 5.82 Å². The Hall–Kier alpha value is -2.37. The molecule has 0 saturated carbocycles. The molecule has 0 radical (unpaired) electrons. The van der Waals surface area contributed by atoms with E-state index in [0.717, 1.165) is 41.0 Å². The van der Waals surface area contributed by atoms with Gasteiger partial charge in [-0.15, -0.1) is 11.3 Å². The van der Waals surface area contributed by atoms with Crippen molar-refractivity contribution in [3.05, 3.63) is 54.4 Å². The highest BCUT2D eigenvalue weighted by Gasteiger charge is 2.63. The third-order valence-corrected chi connectivity index (χ3v) is 8.30. The normalized spacial score (nSPS) is 23.7. The second-order valence-corrected chi connectivity index (χ2v) is 10.4. The van der Waals surface area contributed by atoms with Crippen molar-refractivity contribution < 1.29 is 32.0 Å². The van der Waals surface area contributed by atoms with Crippen LogP contribution in [0.4, 0.5) is 17.6 Å². The number of nitrogens with zero attached hydrogens (tertiary/aromatic N) is 1. The van der Waals surface area contributed by atoms with Crippen LogP contribution in [0.25, 0.3) is 0 Å². The van der Waals surface area contributed by atoms with Crippen LogP contribution in [0.5, 0.6) is 0 Å². The summed E-state index contributed by atoms with van der Waals surface area (Å²) in [7, 11) is 0. The van der Waals surface area contributed by atoms with Crippen LogP contribution in [-0.4, -0.2) is 36.3 Å². The second kappa shape index (κ2) is 8.63. The maximum absolute atomic E-state index is 14.3. The predicted molar refractivity (Wildman–Crippen MR) is 122 cm³/mol. The van der Waals surface area contributed by atoms with Gasteiger partial charge in [0.1, 0.15) is 11.8 Å². The fraction of sp³-hybridized carbons (Fsp3) is 0.409. The average molecular weight is 550 g/mol. The zero-order chi connectivity index (χ0) is 25.1. The zero-order valence-electron chi connectivity index (χ0n) is 17.8. The van der Waals surface area contributed by atoms with Gasteiger partial charge in [-0.05, 0) is 48.9 Å². The molecule has 0 bridgehead atoms. The minimum absolute atomic E-state index is 0.0275. The molecule has 1 saturated heterocycles. The minimum atomic E-state index is -4.93. The highest BCUT2D eigenvalue weighted by Crippen LogP contribution is 2.51. The number of hydrogen-bond acceptors (Lipinski definition) is 5. The maximum Gasteiger partial charge on any atom is 0.435 e. The smallest absolute Gasteiger partial charge is 0.374 e. The lowest BCUT2D eigenvalue weighted by atomic mass is 9.87. The molecule has 2 aliphatic heterocycles. The molecular weight excluding hydrogens is 533 g/mol. The molecule has 2 aromatic rings. The number of carbonyl (C=O) groups excluding carboxylic acids is 2. The monoisotopic (exact) mass is 549 g/mol. The molecule has 1 aromatic carbocycles. The minimum Gasteiger partial charge on any atom is -0.374 e. The fourth-order valence-corrected chi connectivity index (χ4v) is 6.42. The SMILES string of the molecule is O=C(NC1CCNC1=O)c1sc(C2=NOC(c3cc(Cl)c(F)c(Cl)c3)(C(F)(F)F)C2)c2c1CCC2. The van der Waals surface area contributed by atoms with Crippen molar-refractivity contribution in [2.24, 2.45) is 5.16 Å². The van der Waals surface area contributed by atoms with Gasteiger partial charge in [0.05, 0.1) is 26.2 Å². The van der Waals surface area contributed by atoms with Gasteiger partial charge in [-0.2, -0.15) is 13.2 Å². The molecule has 1 fully saturated rings. The van der Waals surface area contributed by atoms with E-state index in [1.807, 2.05) is 0 Å². The number of thiophene rings is 1. The second-order valence-electron chi connectivity index (χ2n) is 8.56. The molecule has 13 heteroatoms. The van der Waals surface area contributed by atoms with Crippen LogP contribution >= 0.6 is 34.5 Å². The van der Waals surface area contributed by atoms with Crippen LogP contribution < -0.4 is 10.6 Å². The summed E-state index contributed by atoms with van der Waals surface area (Å²) in [6.45, 7) is 0.461. The fourth-order valence-electron chi connectivity index (χ4n) is 4.66. The first kappa shape index (κ1) is 24.3. The van der Waals surface area contributed by atoms with Gasteiger partial charge in [-0.3, -0.25) is 9.59 Å². The van der Waals surface area contributed by atoms with E-state index in [9.17, 15) is 27.2 Å². The van der Waals surface area contributed by atoms with Crippen molar-refractivity contribution in [2.45, 2.75) is 49.9 Å². The summed E-state index contributed by atoms with van der Waals surface area (Å²) in [5.74, 6) is -1.75. The Bertz CT molecular complexity index is 1260. The highest BCUT2D eigenvalue weighted by molar-refractivity contribution is 7.16.